The Balaban J connectivity index is 1.50. The van der Waals surface area contributed by atoms with E-state index in [1.54, 1.807) is 0 Å². The minimum atomic E-state index is -0.193. The third-order valence-electron chi connectivity index (χ3n) is 4.55. The molecule has 4 nitrogen and oxygen atoms in total. The van der Waals surface area contributed by atoms with Crippen LogP contribution >= 0.6 is 15.9 Å². The molecule has 0 aliphatic heterocycles. The standard InChI is InChI=1S/C24H25BrN2O2/c1-3-18-6-11-20(12-7-18)26-15-19-8-13-23(22(25)14-19)29-16-24(28)27-21-9-4-17(2)5-10-21/h4-14,26H,3,15-16H2,1-2H3,(H,27,28). The van der Waals surface area contributed by atoms with Crippen LogP contribution in [0.1, 0.15) is 23.6 Å². The molecule has 150 valence electrons. The van der Waals surface area contributed by atoms with Crippen LogP contribution in [-0.2, 0) is 17.8 Å². The maximum absolute atomic E-state index is 12.1. The second kappa shape index (κ2) is 10.1. The largest absolute Gasteiger partial charge is 0.483 e. The number of hydrogen-bond acceptors (Lipinski definition) is 3. The van der Waals surface area contributed by atoms with Crippen molar-refractivity contribution in [3.8, 4) is 5.75 Å². The number of nitrogens with one attached hydrogen (secondary N) is 2. The first-order valence-corrected chi connectivity index (χ1v) is 10.4. The fourth-order valence-corrected chi connectivity index (χ4v) is 3.35. The summed E-state index contributed by atoms with van der Waals surface area (Å²) in [4.78, 5) is 12.1. The average molecular weight is 453 g/mol. The molecule has 0 bridgehead atoms. The van der Waals surface area contributed by atoms with Gasteiger partial charge in [0.05, 0.1) is 4.47 Å². The number of amides is 1. The summed E-state index contributed by atoms with van der Waals surface area (Å²) in [6, 6.07) is 22.0. The maximum atomic E-state index is 12.1. The van der Waals surface area contributed by atoms with Gasteiger partial charge in [0, 0.05) is 17.9 Å². The molecule has 0 fully saturated rings. The summed E-state index contributed by atoms with van der Waals surface area (Å²) in [5.74, 6) is 0.446. The van der Waals surface area contributed by atoms with Crippen LogP contribution in [-0.4, -0.2) is 12.5 Å². The molecule has 0 saturated carbocycles. The van der Waals surface area contributed by atoms with Crippen LogP contribution in [0.25, 0.3) is 0 Å². The van der Waals surface area contributed by atoms with E-state index in [1.807, 2.05) is 49.4 Å². The van der Waals surface area contributed by atoms with Crippen molar-refractivity contribution < 1.29 is 9.53 Å². The molecule has 1 amide bonds. The van der Waals surface area contributed by atoms with Gasteiger partial charge in [-0.1, -0.05) is 42.8 Å². The number of aryl methyl sites for hydroxylation is 2. The fourth-order valence-electron chi connectivity index (χ4n) is 2.81. The zero-order chi connectivity index (χ0) is 20.6. The first kappa shape index (κ1) is 20.9. The molecule has 0 unspecified atom stereocenters. The molecule has 0 atom stereocenters. The minimum absolute atomic E-state index is 0.0478. The Morgan fingerprint density at radius 1 is 0.931 bits per heavy atom. The van der Waals surface area contributed by atoms with Crippen molar-refractivity contribution in [2.24, 2.45) is 0 Å². The van der Waals surface area contributed by atoms with Crippen molar-refractivity contribution in [3.63, 3.8) is 0 Å². The first-order valence-electron chi connectivity index (χ1n) is 9.64. The number of hydrogen-bond donors (Lipinski definition) is 2. The highest BCUT2D eigenvalue weighted by atomic mass is 79.9. The smallest absolute Gasteiger partial charge is 0.262 e. The molecule has 3 rings (SSSR count). The molecule has 0 saturated heterocycles. The number of anilines is 2. The summed E-state index contributed by atoms with van der Waals surface area (Å²) in [6.07, 6.45) is 1.04. The topological polar surface area (TPSA) is 50.4 Å². The summed E-state index contributed by atoms with van der Waals surface area (Å²) in [7, 11) is 0. The lowest BCUT2D eigenvalue weighted by atomic mass is 10.1. The Morgan fingerprint density at radius 2 is 1.59 bits per heavy atom. The van der Waals surface area contributed by atoms with E-state index in [0.717, 1.165) is 33.4 Å². The molecule has 0 heterocycles. The quantitative estimate of drug-likeness (QED) is 0.443. The van der Waals surface area contributed by atoms with E-state index in [4.69, 9.17) is 4.74 Å². The van der Waals surface area contributed by atoms with Crippen molar-refractivity contribution in [2.45, 2.75) is 26.8 Å². The summed E-state index contributed by atoms with van der Waals surface area (Å²) in [6.45, 7) is 4.81. The van der Waals surface area contributed by atoms with E-state index in [0.29, 0.717) is 12.3 Å². The first-order chi connectivity index (χ1) is 14.0. The van der Waals surface area contributed by atoms with Gasteiger partial charge in [-0.25, -0.2) is 0 Å². The number of rotatable bonds is 8. The average Bonchev–Trinajstić information content (AvgIpc) is 2.73. The summed E-state index contributed by atoms with van der Waals surface area (Å²) in [5.41, 5.74) is 5.44. The van der Waals surface area contributed by atoms with E-state index >= 15 is 0 Å². The molecule has 0 radical (unpaired) electrons. The number of ether oxygens (including phenoxy) is 1. The Bertz CT molecular complexity index is 954. The minimum Gasteiger partial charge on any atom is -0.483 e. The van der Waals surface area contributed by atoms with E-state index in [2.05, 4.69) is 57.8 Å². The van der Waals surface area contributed by atoms with E-state index in [1.165, 1.54) is 5.56 Å². The highest BCUT2D eigenvalue weighted by molar-refractivity contribution is 9.10. The van der Waals surface area contributed by atoms with E-state index in [-0.39, 0.29) is 12.5 Å². The van der Waals surface area contributed by atoms with Gasteiger partial charge in [0.2, 0.25) is 0 Å². The third-order valence-corrected chi connectivity index (χ3v) is 5.17. The highest BCUT2D eigenvalue weighted by Gasteiger charge is 2.07. The van der Waals surface area contributed by atoms with Crippen LogP contribution in [0.3, 0.4) is 0 Å². The van der Waals surface area contributed by atoms with Crippen LogP contribution in [0.2, 0.25) is 0 Å². The number of halogens is 1. The lowest BCUT2D eigenvalue weighted by molar-refractivity contribution is -0.118. The lowest BCUT2D eigenvalue weighted by Crippen LogP contribution is -2.20. The van der Waals surface area contributed by atoms with Crippen molar-refractivity contribution in [3.05, 3.63) is 87.9 Å². The monoisotopic (exact) mass is 452 g/mol. The van der Waals surface area contributed by atoms with Gasteiger partial charge in [-0.3, -0.25) is 4.79 Å². The zero-order valence-corrected chi connectivity index (χ0v) is 18.3. The van der Waals surface area contributed by atoms with Crippen molar-refractivity contribution >= 4 is 33.2 Å². The molecular formula is C24H25BrN2O2. The fraction of sp³-hybridized carbons (Fsp3) is 0.208. The molecule has 29 heavy (non-hydrogen) atoms. The Hall–Kier alpha value is -2.79. The molecule has 3 aromatic rings. The maximum Gasteiger partial charge on any atom is 0.262 e. The van der Waals surface area contributed by atoms with Gasteiger partial charge < -0.3 is 15.4 Å². The molecule has 3 aromatic carbocycles. The van der Waals surface area contributed by atoms with Gasteiger partial charge in [0.25, 0.3) is 5.91 Å². The molecule has 0 aromatic heterocycles. The number of carbonyl (C=O) groups is 1. The van der Waals surface area contributed by atoms with Gasteiger partial charge in [0.15, 0.2) is 6.61 Å². The Morgan fingerprint density at radius 3 is 2.24 bits per heavy atom. The highest BCUT2D eigenvalue weighted by Crippen LogP contribution is 2.26. The molecule has 5 heteroatoms. The summed E-state index contributed by atoms with van der Waals surface area (Å²) in [5, 5.41) is 6.24. The van der Waals surface area contributed by atoms with Gasteiger partial charge in [0.1, 0.15) is 5.75 Å². The number of benzene rings is 3. The molecular weight excluding hydrogens is 428 g/mol. The van der Waals surface area contributed by atoms with Crippen LogP contribution < -0.4 is 15.4 Å². The second-order valence-corrected chi connectivity index (χ2v) is 7.73. The van der Waals surface area contributed by atoms with Crippen LogP contribution in [0, 0.1) is 6.92 Å². The summed E-state index contributed by atoms with van der Waals surface area (Å²) >= 11 is 3.53. The Labute approximate surface area is 180 Å². The van der Waals surface area contributed by atoms with Gasteiger partial charge in [-0.05, 0) is 76.8 Å². The normalized spacial score (nSPS) is 10.4. The van der Waals surface area contributed by atoms with Gasteiger partial charge >= 0.3 is 0 Å². The molecule has 0 aliphatic carbocycles. The SMILES string of the molecule is CCc1ccc(NCc2ccc(OCC(=O)Nc3ccc(C)cc3)c(Br)c2)cc1. The molecule has 0 aliphatic rings. The lowest BCUT2D eigenvalue weighted by Gasteiger charge is -2.11. The second-order valence-electron chi connectivity index (χ2n) is 6.87. The predicted octanol–water partition coefficient (Wildman–Crippen LogP) is 5.95. The van der Waals surface area contributed by atoms with Crippen molar-refractivity contribution in [1.82, 2.24) is 0 Å². The molecule has 0 spiro atoms. The predicted molar refractivity (Wildman–Crippen MR) is 123 cm³/mol. The van der Waals surface area contributed by atoms with Crippen molar-refractivity contribution in [2.75, 3.05) is 17.2 Å². The zero-order valence-electron chi connectivity index (χ0n) is 16.7. The van der Waals surface area contributed by atoms with E-state index in [9.17, 15) is 4.79 Å². The van der Waals surface area contributed by atoms with Gasteiger partial charge in [-0.15, -0.1) is 0 Å². The van der Waals surface area contributed by atoms with Crippen LogP contribution in [0.5, 0.6) is 5.75 Å². The van der Waals surface area contributed by atoms with E-state index < -0.39 is 0 Å². The van der Waals surface area contributed by atoms with Gasteiger partial charge in [-0.2, -0.15) is 0 Å². The summed E-state index contributed by atoms with van der Waals surface area (Å²) < 4.78 is 6.48. The Kier molecular flexibility index (Phi) is 7.30. The van der Waals surface area contributed by atoms with Crippen LogP contribution in [0.4, 0.5) is 11.4 Å². The van der Waals surface area contributed by atoms with Crippen molar-refractivity contribution in [1.29, 1.82) is 0 Å². The molecule has 2 N–H and O–H groups in total. The van der Waals surface area contributed by atoms with Crippen LogP contribution in [0.15, 0.2) is 71.2 Å². The third kappa shape index (κ3) is 6.36. The number of carbonyl (C=O) groups excluding carboxylic acids is 1.